The van der Waals surface area contributed by atoms with Gasteiger partial charge in [-0.1, -0.05) is 24.3 Å². The van der Waals surface area contributed by atoms with Crippen LogP contribution >= 0.6 is 0 Å². The van der Waals surface area contributed by atoms with Crippen LogP contribution in [0.25, 0.3) is 10.9 Å². The Balaban J connectivity index is 0.000000845. The monoisotopic (exact) mass is 186 g/mol. The van der Waals surface area contributed by atoms with E-state index in [9.17, 15) is 0 Å². The molecule has 0 atom stereocenters. The van der Waals surface area contributed by atoms with E-state index >= 15 is 0 Å². The molecule has 0 spiro atoms. The summed E-state index contributed by atoms with van der Waals surface area (Å²) in [5, 5.41) is 10.1. The number of aliphatic hydroxyl groups excluding tert-OH is 1. The van der Waals surface area contributed by atoms with Gasteiger partial charge in [0.1, 0.15) is 0 Å². The van der Waals surface area contributed by atoms with Crippen LogP contribution in [0.1, 0.15) is 5.56 Å². The number of aromatic nitrogens is 1. The summed E-state index contributed by atoms with van der Waals surface area (Å²) in [4.78, 5) is 4.19. The zero-order valence-electron chi connectivity index (χ0n) is 7.14. The molecule has 0 unspecified atom stereocenters. The number of hydrogen-bond donors (Lipinski definition) is 1. The molecule has 3 radical (unpaired) electrons. The molecule has 1 aromatic carbocycles. The third-order valence-electron chi connectivity index (χ3n) is 1.89. The first-order valence-corrected chi connectivity index (χ1v) is 3.85. The molecule has 2 nitrogen and oxygen atoms in total. The molecule has 0 aliphatic rings. The van der Waals surface area contributed by atoms with E-state index in [1.165, 1.54) is 0 Å². The van der Waals surface area contributed by atoms with Crippen LogP contribution in [0.2, 0.25) is 0 Å². The van der Waals surface area contributed by atoms with Crippen molar-refractivity contribution in [3.63, 3.8) is 0 Å². The van der Waals surface area contributed by atoms with Gasteiger partial charge in [0.25, 0.3) is 0 Å². The minimum atomic E-state index is 0. The lowest BCUT2D eigenvalue weighted by Gasteiger charge is -2.00. The van der Waals surface area contributed by atoms with Crippen molar-refractivity contribution in [1.82, 2.24) is 4.98 Å². The van der Waals surface area contributed by atoms with Gasteiger partial charge in [0.05, 0.1) is 12.1 Å². The molecule has 0 aliphatic heterocycles. The average molecular weight is 186 g/mol. The largest absolute Gasteiger partial charge is 0.392 e. The fourth-order valence-electron chi connectivity index (χ4n) is 1.29. The van der Waals surface area contributed by atoms with Crippen molar-refractivity contribution in [2.24, 2.45) is 0 Å². The minimum Gasteiger partial charge on any atom is -0.392 e. The van der Waals surface area contributed by atoms with Gasteiger partial charge >= 0.3 is 0 Å². The lowest BCUT2D eigenvalue weighted by Crippen LogP contribution is -1.87. The Hall–Kier alpha value is -0.878. The van der Waals surface area contributed by atoms with Crippen LogP contribution in [0.3, 0.4) is 0 Å². The van der Waals surface area contributed by atoms with Gasteiger partial charge in [0.2, 0.25) is 0 Å². The van der Waals surface area contributed by atoms with Gasteiger partial charge in [-0.2, -0.15) is 0 Å². The molecule has 0 bridgehead atoms. The van der Waals surface area contributed by atoms with Gasteiger partial charge in [-0.25, -0.2) is 0 Å². The maximum Gasteiger partial charge on any atom is 0.0757 e. The summed E-state index contributed by atoms with van der Waals surface area (Å²) >= 11 is 0. The summed E-state index contributed by atoms with van der Waals surface area (Å²) < 4.78 is 0. The van der Waals surface area contributed by atoms with Gasteiger partial charge in [-0.05, 0) is 6.07 Å². The molecule has 63 valence electrons. The molecule has 0 amide bonds. The number of hydrogen-bond acceptors (Lipinski definition) is 2. The summed E-state index contributed by atoms with van der Waals surface area (Å²) in [5.74, 6) is 0. The van der Waals surface area contributed by atoms with Crippen molar-refractivity contribution in [2.45, 2.75) is 6.61 Å². The minimum absolute atomic E-state index is 0. The van der Waals surface area contributed by atoms with Crippen molar-refractivity contribution in [2.75, 3.05) is 0 Å². The second-order valence-corrected chi connectivity index (χ2v) is 2.65. The molecule has 0 fully saturated rings. The van der Waals surface area contributed by atoms with E-state index in [-0.39, 0.29) is 24.0 Å². The highest BCUT2D eigenvalue weighted by molar-refractivity contribution is 5.81. The summed E-state index contributed by atoms with van der Waals surface area (Å²) in [6.45, 7) is 0.0500. The van der Waals surface area contributed by atoms with Crippen LogP contribution in [0, 0.1) is 0 Å². The van der Waals surface area contributed by atoms with Crippen molar-refractivity contribution >= 4 is 28.3 Å². The molecular formula is C10H9AlNO. The Morgan fingerprint density at radius 3 is 2.69 bits per heavy atom. The Labute approximate surface area is 87.4 Å². The van der Waals surface area contributed by atoms with E-state index in [1.54, 1.807) is 6.20 Å². The summed E-state index contributed by atoms with van der Waals surface area (Å²) in [6, 6.07) is 9.68. The molecule has 13 heavy (non-hydrogen) atoms. The number of rotatable bonds is 1. The first-order chi connectivity index (χ1) is 5.92. The Morgan fingerprint density at radius 2 is 1.92 bits per heavy atom. The van der Waals surface area contributed by atoms with E-state index in [0.717, 1.165) is 16.5 Å². The quantitative estimate of drug-likeness (QED) is 0.682. The second-order valence-electron chi connectivity index (χ2n) is 2.65. The highest BCUT2D eigenvalue weighted by Gasteiger charge is 1.98. The van der Waals surface area contributed by atoms with E-state index in [2.05, 4.69) is 4.98 Å². The zero-order valence-corrected chi connectivity index (χ0v) is 8.30. The number of nitrogens with zero attached hydrogens (tertiary/aromatic N) is 1. The molecule has 0 saturated carbocycles. The molecule has 2 aromatic rings. The van der Waals surface area contributed by atoms with Crippen LogP contribution in [-0.2, 0) is 6.61 Å². The molecule has 1 N–H and O–H groups in total. The SMILES string of the molecule is OCc1cccc2cccnc12.[Al]. The Bertz CT molecular complexity index is 398. The number of benzene rings is 1. The number of para-hydroxylation sites is 1. The standard InChI is InChI=1S/C10H9NO.Al/c12-7-9-4-1-3-8-5-2-6-11-10(8)9;/h1-6,12H,7H2;. The maximum atomic E-state index is 9.00. The normalized spacial score (nSPS) is 9.62. The van der Waals surface area contributed by atoms with Crippen molar-refractivity contribution < 1.29 is 5.11 Å². The highest BCUT2D eigenvalue weighted by Crippen LogP contribution is 2.15. The average Bonchev–Trinajstić information content (AvgIpc) is 2.17. The lowest BCUT2D eigenvalue weighted by molar-refractivity contribution is 0.283. The molecule has 1 heterocycles. The second kappa shape index (κ2) is 4.38. The van der Waals surface area contributed by atoms with Crippen LogP contribution < -0.4 is 0 Å². The first kappa shape index (κ1) is 10.2. The predicted molar refractivity (Wildman–Crippen MR) is 53.4 cm³/mol. The number of pyridine rings is 1. The van der Waals surface area contributed by atoms with E-state index < -0.39 is 0 Å². The lowest BCUT2D eigenvalue weighted by atomic mass is 10.1. The fraction of sp³-hybridized carbons (Fsp3) is 0.100. The zero-order chi connectivity index (χ0) is 8.39. The summed E-state index contributed by atoms with van der Waals surface area (Å²) in [5.41, 5.74) is 1.77. The molecule has 3 heteroatoms. The van der Waals surface area contributed by atoms with Gasteiger partial charge in [-0.3, -0.25) is 4.98 Å². The topological polar surface area (TPSA) is 33.1 Å². The fourth-order valence-corrected chi connectivity index (χ4v) is 1.29. The molecule has 0 aliphatic carbocycles. The Kier molecular flexibility index (Phi) is 3.44. The smallest absolute Gasteiger partial charge is 0.0757 e. The number of fused-ring (bicyclic) bond motifs is 1. The van der Waals surface area contributed by atoms with Crippen LogP contribution in [0.4, 0.5) is 0 Å². The van der Waals surface area contributed by atoms with E-state index in [0.29, 0.717) is 0 Å². The van der Waals surface area contributed by atoms with Crippen LogP contribution in [-0.4, -0.2) is 27.5 Å². The number of aliphatic hydroxyl groups is 1. The van der Waals surface area contributed by atoms with Crippen molar-refractivity contribution in [3.05, 3.63) is 42.1 Å². The van der Waals surface area contributed by atoms with Gasteiger partial charge in [-0.15, -0.1) is 0 Å². The van der Waals surface area contributed by atoms with E-state index in [4.69, 9.17) is 5.11 Å². The van der Waals surface area contributed by atoms with Crippen molar-refractivity contribution in [3.8, 4) is 0 Å². The van der Waals surface area contributed by atoms with E-state index in [1.807, 2.05) is 30.3 Å². The molecule has 2 rings (SSSR count). The molecule has 1 aromatic heterocycles. The van der Waals surface area contributed by atoms with Gasteiger partial charge < -0.3 is 5.11 Å². The van der Waals surface area contributed by atoms with Gasteiger partial charge in [0.15, 0.2) is 0 Å². The third kappa shape index (κ3) is 1.89. The predicted octanol–water partition coefficient (Wildman–Crippen LogP) is 1.35. The third-order valence-corrected chi connectivity index (χ3v) is 1.89. The highest BCUT2D eigenvalue weighted by atomic mass is 27.0. The first-order valence-electron chi connectivity index (χ1n) is 3.85. The Morgan fingerprint density at radius 1 is 1.15 bits per heavy atom. The molecule has 0 saturated heterocycles. The van der Waals surface area contributed by atoms with Crippen LogP contribution in [0.15, 0.2) is 36.5 Å². The summed E-state index contributed by atoms with van der Waals surface area (Å²) in [6.07, 6.45) is 1.74. The van der Waals surface area contributed by atoms with Gasteiger partial charge in [0, 0.05) is 34.5 Å². The van der Waals surface area contributed by atoms with Crippen LogP contribution in [0.5, 0.6) is 0 Å². The maximum absolute atomic E-state index is 9.00. The summed E-state index contributed by atoms with van der Waals surface area (Å²) in [7, 11) is 0. The van der Waals surface area contributed by atoms with Crippen molar-refractivity contribution in [1.29, 1.82) is 0 Å². The molecular weight excluding hydrogens is 177 g/mol.